The van der Waals surface area contributed by atoms with E-state index in [-0.39, 0.29) is 24.8 Å². The quantitative estimate of drug-likeness (QED) is 0.839. The van der Waals surface area contributed by atoms with Gasteiger partial charge in [-0.1, -0.05) is 5.16 Å². The van der Waals surface area contributed by atoms with Gasteiger partial charge in [0, 0.05) is 18.4 Å². The Bertz CT molecular complexity index is 676. The molecule has 132 valence electrons. The second-order valence-corrected chi connectivity index (χ2v) is 4.55. The van der Waals surface area contributed by atoms with Crippen LogP contribution in [0.15, 0.2) is 28.8 Å². The normalized spacial score (nSPS) is 12.4. The predicted octanol–water partition coefficient (Wildman–Crippen LogP) is 2.09. The average Bonchev–Trinajstić information content (AvgIpc) is 2.98. The minimum Gasteiger partial charge on any atom is -0.383 e. The van der Waals surface area contributed by atoms with E-state index in [0.717, 1.165) is 0 Å². The Morgan fingerprint density at radius 3 is 2.50 bits per heavy atom. The summed E-state index contributed by atoms with van der Waals surface area (Å²) in [5, 5.41) is 5.81. The number of nitrogens with two attached hydrogens (primary N) is 1. The Labute approximate surface area is 140 Å². The lowest BCUT2D eigenvalue weighted by Crippen LogP contribution is -2.39. The number of carbonyl (C=O) groups excluding carboxylic acids is 1. The van der Waals surface area contributed by atoms with Crippen LogP contribution in [0, 0.1) is 0 Å². The van der Waals surface area contributed by atoms with Crippen molar-refractivity contribution in [3.8, 4) is 11.4 Å². The smallest absolute Gasteiger partial charge is 0.383 e. The van der Waals surface area contributed by atoms with Crippen molar-refractivity contribution in [1.82, 2.24) is 10.1 Å². The number of hydrogen-bond donors (Lipinski definition) is 2. The van der Waals surface area contributed by atoms with E-state index in [0.29, 0.717) is 11.3 Å². The number of alkyl halides is 3. The van der Waals surface area contributed by atoms with Crippen molar-refractivity contribution in [2.24, 2.45) is 5.73 Å². The SMILES string of the molecule is COCC(N)C(=O)Nc1ccc(-c2noc(C(F)(F)F)n2)cc1.Cl. The second-order valence-electron chi connectivity index (χ2n) is 4.55. The molecular weight excluding hydrogens is 353 g/mol. The zero-order valence-corrected chi connectivity index (χ0v) is 13.1. The van der Waals surface area contributed by atoms with Gasteiger partial charge in [0.05, 0.1) is 6.61 Å². The maximum Gasteiger partial charge on any atom is 0.471 e. The maximum atomic E-state index is 12.4. The van der Waals surface area contributed by atoms with E-state index >= 15 is 0 Å². The number of methoxy groups -OCH3 is 1. The van der Waals surface area contributed by atoms with Gasteiger partial charge in [-0.3, -0.25) is 4.79 Å². The van der Waals surface area contributed by atoms with Gasteiger partial charge < -0.3 is 20.3 Å². The van der Waals surface area contributed by atoms with Gasteiger partial charge in [-0.25, -0.2) is 0 Å². The fourth-order valence-electron chi connectivity index (χ4n) is 1.65. The van der Waals surface area contributed by atoms with E-state index in [2.05, 4.69) is 20.0 Å². The van der Waals surface area contributed by atoms with Crippen LogP contribution < -0.4 is 11.1 Å². The highest BCUT2D eigenvalue weighted by Gasteiger charge is 2.38. The molecule has 11 heteroatoms. The zero-order chi connectivity index (χ0) is 17.0. The molecule has 0 aliphatic carbocycles. The van der Waals surface area contributed by atoms with Gasteiger partial charge in [0.15, 0.2) is 0 Å². The van der Waals surface area contributed by atoms with Gasteiger partial charge in [0.1, 0.15) is 6.04 Å². The minimum absolute atomic E-state index is 0. The molecule has 1 heterocycles. The van der Waals surface area contributed by atoms with Crippen LogP contribution in [0.4, 0.5) is 18.9 Å². The Balaban J connectivity index is 0.00000288. The molecule has 3 N–H and O–H groups in total. The van der Waals surface area contributed by atoms with Crippen LogP contribution in [0.1, 0.15) is 5.89 Å². The van der Waals surface area contributed by atoms with E-state index in [1.54, 1.807) is 0 Å². The van der Waals surface area contributed by atoms with Crippen LogP contribution in [0.25, 0.3) is 11.4 Å². The third kappa shape index (κ3) is 4.91. The molecule has 0 radical (unpaired) electrons. The van der Waals surface area contributed by atoms with Crippen molar-refractivity contribution in [2.75, 3.05) is 19.0 Å². The maximum absolute atomic E-state index is 12.4. The predicted molar refractivity (Wildman–Crippen MR) is 80.5 cm³/mol. The summed E-state index contributed by atoms with van der Waals surface area (Å²) in [4.78, 5) is 15.0. The second kappa shape index (κ2) is 8.08. The van der Waals surface area contributed by atoms with Crippen molar-refractivity contribution in [1.29, 1.82) is 0 Å². The Morgan fingerprint density at radius 2 is 2.00 bits per heavy atom. The van der Waals surface area contributed by atoms with Gasteiger partial charge in [0.2, 0.25) is 11.7 Å². The first-order valence-corrected chi connectivity index (χ1v) is 6.38. The first-order valence-electron chi connectivity index (χ1n) is 6.38. The molecule has 0 bridgehead atoms. The van der Waals surface area contributed by atoms with Crippen molar-refractivity contribution < 1.29 is 27.2 Å². The van der Waals surface area contributed by atoms with Crippen molar-refractivity contribution >= 4 is 24.0 Å². The first-order chi connectivity index (χ1) is 10.8. The molecule has 2 aromatic rings. The molecule has 1 amide bonds. The summed E-state index contributed by atoms with van der Waals surface area (Å²) >= 11 is 0. The fraction of sp³-hybridized carbons (Fsp3) is 0.308. The Kier molecular flexibility index (Phi) is 6.70. The summed E-state index contributed by atoms with van der Waals surface area (Å²) in [6, 6.07) is 5.03. The molecule has 1 unspecified atom stereocenters. The third-order valence-corrected chi connectivity index (χ3v) is 2.76. The Morgan fingerprint density at radius 1 is 1.38 bits per heavy atom. The molecule has 0 fully saturated rings. The topological polar surface area (TPSA) is 103 Å². The zero-order valence-electron chi connectivity index (χ0n) is 12.3. The monoisotopic (exact) mass is 366 g/mol. The summed E-state index contributed by atoms with van der Waals surface area (Å²) in [7, 11) is 1.42. The van der Waals surface area contributed by atoms with Gasteiger partial charge in [-0.05, 0) is 24.3 Å². The summed E-state index contributed by atoms with van der Waals surface area (Å²) in [6.45, 7) is 0.0625. The van der Waals surface area contributed by atoms with E-state index in [1.165, 1.54) is 31.4 Å². The largest absolute Gasteiger partial charge is 0.471 e. The number of amides is 1. The number of rotatable bonds is 5. The summed E-state index contributed by atoms with van der Waals surface area (Å²) in [5.74, 6) is -2.07. The van der Waals surface area contributed by atoms with Crippen LogP contribution in [-0.4, -0.2) is 35.8 Å². The lowest BCUT2D eigenvalue weighted by atomic mass is 10.2. The molecular formula is C13H14ClF3N4O3. The number of nitrogens with zero attached hydrogens (tertiary/aromatic N) is 2. The van der Waals surface area contributed by atoms with Crippen LogP contribution in [-0.2, 0) is 15.7 Å². The highest BCUT2D eigenvalue weighted by atomic mass is 35.5. The molecule has 0 aliphatic rings. The van der Waals surface area contributed by atoms with Gasteiger partial charge in [-0.2, -0.15) is 18.2 Å². The number of nitrogens with one attached hydrogen (secondary N) is 1. The van der Waals surface area contributed by atoms with E-state index in [1.807, 2.05) is 0 Å². The fourth-order valence-corrected chi connectivity index (χ4v) is 1.65. The number of benzene rings is 1. The number of anilines is 1. The van der Waals surface area contributed by atoms with Crippen molar-refractivity contribution in [3.05, 3.63) is 30.2 Å². The average molecular weight is 367 g/mol. The number of halogens is 4. The number of ether oxygens (including phenoxy) is 1. The summed E-state index contributed by atoms with van der Waals surface area (Å²) < 4.78 is 46.1. The highest BCUT2D eigenvalue weighted by Crippen LogP contribution is 2.29. The molecule has 0 saturated heterocycles. The van der Waals surface area contributed by atoms with Crippen LogP contribution in [0.2, 0.25) is 0 Å². The third-order valence-electron chi connectivity index (χ3n) is 2.76. The highest BCUT2D eigenvalue weighted by molar-refractivity contribution is 5.94. The molecule has 24 heavy (non-hydrogen) atoms. The van der Waals surface area contributed by atoms with Gasteiger partial charge >= 0.3 is 12.1 Å². The van der Waals surface area contributed by atoms with Crippen LogP contribution in [0.5, 0.6) is 0 Å². The number of carbonyl (C=O) groups is 1. The molecule has 1 atom stereocenters. The summed E-state index contributed by atoms with van der Waals surface area (Å²) in [5.41, 5.74) is 6.29. The molecule has 0 spiro atoms. The van der Waals surface area contributed by atoms with Gasteiger partial charge in [0.25, 0.3) is 0 Å². The van der Waals surface area contributed by atoms with E-state index in [9.17, 15) is 18.0 Å². The standard InChI is InChI=1S/C13H13F3N4O3.ClH/c1-22-6-9(17)11(21)18-8-4-2-7(3-5-8)10-19-12(23-20-10)13(14,15)16;/h2-5,9H,6,17H2,1H3,(H,18,21);1H. The molecule has 2 rings (SSSR count). The minimum atomic E-state index is -4.70. The molecule has 0 saturated carbocycles. The van der Waals surface area contributed by atoms with Crippen LogP contribution in [0.3, 0.4) is 0 Å². The van der Waals surface area contributed by atoms with Crippen molar-refractivity contribution in [2.45, 2.75) is 12.2 Å². The number of aromatic nitrogens is 2. The molecule has 1 aromatic carbocycles. The van der Waals surface area contributed by atoms with Crippen molar-refractivity contribution in [3.63, 3.8) is 0 Å². The lowest BCUT2D eigenvalue weighted by Gasteiger charge is -2.11. The number of hydrogen-bond acceptors (Lipinski definition) is 6. The molecule has 7 nitrogen and oxygen atoms in total. The van der Waals surface area contributed by atoms with Crippen LogP contribution >= 0.6 is 12.4 Å². The molecule has 0 aliphatic heterocycles. The van der Waals surface area contributed by atoms with Gasteiger partial charge in [-0.15, -0.1) is 12.4 Å². The van der Waals surface area contributed by atoms with E-state index in [4.69, 9.17) is 10.5 Å². The lowest BCUT2D eigenvalue weighted by molar-refractivity contribution is -0.159. The first kappa shape index (κ1) is 19.9. The Hall–Kier alpha value is -2.17. The summed E-state index contributed by atoms with van der Waals surface area (Å²) in [6.07, 6.45) is -4.70. The molecule has 1 aromatic heterocycles. The van der Waals surface area contributed by atoms with E-state index < -0.39 is 24.0 Å².